The van der Waals surface area contributed by atoms with Crippen LogP contribution in [-0.2, 0) is 11.8 Å². The van der Waals surface area contributed by atoms with Gasteiger partial charge in [-0.1, -0.05) is 48.2 Å². The third-order valence-electron chi connectivity index (χ3n) is 5.20. The molecule has 0 spiro atoms. The number of anilines is 1. The Bertz CT molecular complexity index is 1340. The topological polar surface area (TPSA) is 64.0 Å². The number of amides is 1. The Balaban J connectivity index is 1.64. The fourth-order valence-electron chi connectivity index (χ4n) is 3.36. The highest BCUT2D eigenvalue weighted by Gasteiger charge is 2.19. The van der Waals surface area contributed by atoms with Gasteiger partial charge in [-0.05, 0) is 60.9 Å². The Kier molecular flexibility index (Phi) is 5.35. The molecule has 4 aromatic rings. The number of thioether (sulfide) groups is 1. The van der Waals surface area contributed by atoms with Crippen molar-refractivity contribution in [3.63, 3.8) is 0 Å². The zero-order valence-corrected chi connectivity index (χ0v) is 18.2. The molecule has 0 saturated heterocycles. The smallest absolute Gasteiger partial charge is 0.261 e. The molecule has 0 bridgehead atoms. The summed E-state index contributed by atoms with van der Waals surface area (Å²) >= 11 is 1.28. The van der Waals surface area contributed by atoms with Gasteiger partial charge in [-0.25, -0.2) is 4.98 Å². The number of fused-ring (bicyclic) bond motifs is 2. The van der Waals surface area contributed by atoms with E-state index < -0.39 is 5.25 Å². The van der Waals surface area contributed by atoms with E-state index in [0.29, 0.717) is 16.1 Å². The molecule has 0 radical (unpaired) electrons. The first-order valence-corrected chi connectivity index (χ1v) is 10.7. The largest absolute Gasteiger partial charge is 0.325 e. The highest BCUT2D eigenvalue weighted by atomic mass is 32.2. The van der Waals surface area contributed by atoms with Crippen LogP contribution in [0.15, 0.2) is 64.5 Å². The number of aryl methyl sites for hydroxylation is 2. The van der Waals surface area contributed by atoms with Crippen LogP contribution in [0.5, 0.6) is 0 Å². The highest BCUT2D eigenvalue weighted by Crippen LogP contribution is 2.26. The number of carbonyl (C=O) groups is 1. The lowest BCUT2D eigenvalue weighted by molar-refractivity contribution is -0.115. The van der Waals surface area contributed by atoms with E-state index in [0.717, 1.165) is 27.6 Å². The SMILES string of the molecule is Cc1ccc(C)c(NC(=O)[C@H](C)Sc2nc3cc4ccccc4cc3c(=O)n2C)c1. The molecule has 4 rings (SSSR count). The number of carbonyl (C=O) groups excluding carboxylic acids is 1. The highest BCUT2D eigenvalue weighted by molar-refractivity contribution is 8.00. The number of nitrogens with one attached hydrogen (secondary N) is 1. The molecular weight excluding hydrogens is 394 g/mol. The quantitative estimate of drug-likeness (QED) is 0.294. The molecule has 30 heavy (non-hydrogen) atoms. The lowest BCUT2D eigenvalue weighted by Gasteiger charge is -2.15. The molecule has 152 valence electrons. The minimum Gasteiger partial charge on any atom is -0.325 e. The van der Waals surface area contributed by atoms with Crippen LogP contribution in [-0.4, -0.2) is 20.7 Å². The zero-order chi connectivity index (χ0) is 21.4. The first-order chi connectivity index (χ1) is 14.3. The van der Waals surface area contributed by atoms with Crippen molar-refractivity contribution in [1.29, 1.82) is 0 Å². The molecule has 1 heterocycles. The summed E-state index contributed by atoms with van der Waals surface area (Å²) in [5, 5.41) is 5.71. The van der Waals surface area contributed by atoms with E-state index in [-0.39, 0.29) is 11.5 Å². The molecular formula is C24H23N3O2S. The summed E-state index contributed by atoms with van der Waals surface area (Å²) in [5.74, 6) is -0.124. The Morgan fingerprint density at radius 2 is 1.77 bits per heavy atom. The van der Waals surface area contributed by atoms with Crippen molar-refractivity contribution in [2.45, 2.75) is 31.2 Å². The minimum atomic E-state index is -0.416. The molecule has 1 atom stereocenters. The second-order valence-corrected chi connectivity index (χ2v) is 8.85. The molecule has 1 aromatic heterocycles. The number of benzene rings is 3. The Labute approximate surface area is 179 Å². The number of nitrogens with zero attached hydrogens (tertiary/aromatic N) is 2. The average Bonchev–Trinajstić information content (AvgIpc) is 2.73. The molecule has 0 fully saturated rings. The van der Waals surface area contributed by atoms with E-state index in [2.05, 4.69) is 5.32 Å². The first kappa shape index (κ1) is 20.2. The maximum absolute atomic E-state index is 12.9. The zero-order valence-electron chi connectivity index (χ0n) is 17.4. The van der Waals surface area contributed by atoms with Crippen LogP contribution < -0.4 is 10.9 Å². The molecule has 6 heteroatoms. The molecule has 1 N–H and O–H groups in total. The predicted octanol–water partition coefficient (Wildman–Crippen LogP) is 4.82. The van der Waals surface area contributed by atoms with Crippen molar-refractivity contribution in [3.05, 3.63) is 76.1 Å². The monoisotopic (exact) mass is 417 g/mol. The fraction of sp³-hybridized carbons (Fsp3) is 0.208. The van der Waals surface area contributed by atoms with Crippen LogP contribution in [0.25, 0.3) is 21.7 Å². The summed E-state index contributed by atoms with van der Waals surface area (Å²) in [6.45, 7) is 5.78. The lowest BCUT2D eigenvalue weighted by atomic mass is 10.1. The molecule has 0 aliphatic rings. The minimum absolute atomic E-state index is 0.115. The van der Waals surface area contributed by atoms with Crippen molar-refractivity contribution in [2.24, 2.45) is 7.05 Å². The summed E-state index contributed by atoms with van der Waals surface area (Å²) in [5.41, 5.74) is 3.42. The van der Waals surface area contributed by atoms with Crippen LogP contribution in [0.1, 0.15) is 18.1 Å². The van der Waals surface area contributed by atoms with Gasteiger partial charge in [-0.15, -0.1) is 0 Å². The fourth-order valence-corrected chi connectivity index (χ4v) is 4.23. The van der Waals surface area contributed by atoms with Gasteiger partial charge in [0.2, 0.25) is 5.91 Å². The van der Waals surface area contributed by atoms with E-state index in [1.54, 1.807) is 7.05 Å². The van der Waals surface area contributed by atoms with Gasteiger partial charge in [0.15, 0.2) is 5.16 Å². The first-order valence-electron chi connectivity index (χ1n) is 9.78. The van der Waals surface area contributed by atoms with Gasteiger partial charge in [0.05, 0.1) is 16.2 Å². The van der Waals surface area contributed by atoms with Gasteiger partial charge >= 0.3 is 0 Å². The molecule has 5 nitrogen and oxygen atoms in total. The van der Waals surface area contributed by atoms with Crippen LogP contribution in [0.3, 0.4) is 0 Å². The Morgan fingerprint density at radius 1 is 1.07 bits per heavy atom. The van der Waals surface area contributed by atoms with Crippen LogP contribution in [0.2, 0.25) is 0 Å². The second-order valence-electron chi connectivity index (χ2n) is 7.54. The van der Waals surface area contributed by atoms with Gasteiger partial charge in [-0.2, -0.15) is 0 Å². The van der Waals surface area contributed by atoms with Crippen molar-refractivity contribution < 1.29 is 4.79 Å². The molecule has 3 aromatic carbocycles. The molecule has 0 saturated carbocycles. The second kappa shape index (κ2) is 7.95. The summed E-state index contributed by atoms with van der Waals surface area (Å²) in [6, 6.07) is 17.7. The van der Waals surface area contributed by atoms with E-state index in [1.807, 2.05) is 75.4 Å². The molecule has 1 amide bonds. The number of rotatable bonds is 4. The normalized spacial score (nSPS) is 12.3. The third-order valence-corrected chi connectivity index (χ3v) is 6.35. The molecule has 0 aliphatic carbocycles. The molecule has 0 unspecified atom stereocenters. The van der Waals surface area contributed by atoms with E-state index in [1.165, 1.54) is 16.3 Å². The molecule has 0 aliphatic heterocycles. The number of aromatic nitrogens is 2. The summed E-state index contributed by atoms with van der Waals surface area (Å²) in [6.07, 6.45) is 0. The van der Waals surface area contributed by atoms with Crippen molar-refractivity contribution in [2.75, 3.05) is 5.32 Å². The van der Waals surface area contributed by atoms with Gasteiger partial charge in [0.25, 0.3) is 5.56 Å². The van der Waals surface area contributed by atoms with Gasteiger partial charge in [0.1, 0.15) is 0 Å². The van der Waals surface area contributed by atoms with Gasteiger partial charge < -0.3 is 5.32 Å². The van der Waals surface area contributed by atoms with E-state index in [9.17, 15) is 9.59 Å². The van der Waals surface area contributed by atoms with Crippen molar-refractivity contribution >= 4 is 45.0 Å². The van der Waals surface area contributed by atoms with Crippen molar-refractivity contribution in [1.82, 2.24) is 9.55 Å². The summed E-state index contributed by atoms with van der Waals surface area (Å²) < 4.78 is 1.52. The van der Waals surface area contributed by atoms with Crippen molar-refractivity contribution in [3.8, 4) is 0 Å². The average molecular weight is 418 g/mol. The standard InChI is InChI=1S/C24H23N3O2S/c1-14-9-10-15(2)20(11-14)25-22(28)16(3)30-24-26-21-13-18-8-6-5-7-17(18)12-19(21)23(29)27(24)4/h5-13,16H,1-4H3,(H,25,28)/t16-/m0/s1. The van der Waals surface area contributed by atoms with Crippen LogP contribution in [0.4, 0.5) is 5.69 Å². The maximum atomic E-state index is 12.9. The Hall–Kier alpha value is -3.12. The van der Waals surface area contributed by atoms with Gasteiger partial charge in [0, 0.05) is 12.7 Å². The van der Waals surface area contributed by atoms with E-state index in [4.69, 9.17) is 4.98 Å². The maximum Gasteiger partial charge on any atom is 0.261 e. The van der Waals surface area contributed by atoms with E-state index >= 15 is 0 Å². The third kappa shape index (κ3) is 3.83. The van der Waals surface area contributed by atoms with Gasteiger partial charge in [-0.3, -0.25) is 14.2 Å². The van der Waals surface area contributed by atoms with Crippen LogP contribution >= 0.6 is 11.8 Å². The summed E-state index contributed by atoms with van der Waals surface area (Å²) in [4.78, 5) is 30.4. The number of hydrogen-bond acceptors (Lipinski definition) is 4. The lowest BCUT2D eigenvalue weighted by Crippen LogP contribution is -2.26. The number of hydrogen-bond donors (Lipinski definition) is 1. The summed E-state index contributed by atoms with van der Waals surface area (Å²) in [7, 11) is 1.70. The predicted molar refractivity (Wildman–Crippen MR) is 124 cm³/mol. The Morgan fingerprint density at radius 3 is 2.50 bits per heavy atom. The van der Waals surface area contributed by atoms with Crippen LogP contribution in [0, 0.1) is 13.8 Å².